The van der Waals surface area contributed by atoms with Gasteiger partial charge in [0.2, 0.25) is 11.8 Å². The van der Waals surface area contributed by atoms with Crippen molar-refractivity contribution in [2.45, 2.75) is 29.9 Å². The number of carbonyl (C=O) groups is 1. The molecule has 3 heterocycles. The second kappa shape index (κ2) is 9.76. The van der Waals surface area contributed by atoms with Crippen molar-refractivity contribution in [1.82, 2.24) is 9.29 Å². The third-order valence-electron chi connectivity index (χ3n) is 4.94. The van der Waals surface area contributed by atoms with Gasteiger partial charge in [-0.3, -0.25) is 4.79 Å². The van der Waals surface area contributed by atoms with Crippen LogP contribution in [0.15, 0.2) is 58.9 Å². The van der Waals surface area contributed by atoms with Crippen molar-refractivity contribution in [2.24, 2.45) is 0 Å². The Labute approximate surface area is 189 Å². The molecule has 1 aliphatic heterocycles. The number of sulfonamides is 1. The number of piperidine rings is 1. The van der Waals surface area contributed by atoms with Gasteiger partial charge in [-0.1, -0.05) is 6.42 Å². The van der Waals surface area contributed by atoms with Crippen molar-refractivity contribution >= 4 is 33.0 Å². The molecule has 168 valence electrons. The highest BCUT2D eigenvalue weighted by molar-refractivity contribution is 7.91. The predicted octanol–water partition coefficient (Wildman–Crippen LogP) is 4.43. The topological polar surface area (TPSA) is 88.6 Å². The second-order valence-electron chi connectivity index (χ2n) is 7.35. The summed E-state index contributed by atoms with van der Waals surface area (Å²) in [5.41, 5.74) is 0.485. The summed E-state index contributed by atoms with van der Waals surface area (Å²) in [6, 6.07) is 12.0. The Bertz CT molecular complexity index is 1170. The van der Waals surface area contributed by atoms with Crippen molar-refractivity contribution in [3.05, 3.63) is 65.4 Å². The first kappa shape index (κ1) is 22.4. The monoisotopic (exact) mass is 475 g/mol. The van der Waals surface area contributed by atoms with Gasteiger partial charge in [-0.25, -0.2) is 17.8 Å². The van der Waals surface area contributed by atoms with Crippen molar-refractivity contribution in [2.75, 3.05) is 18.4 Å². The van der Waals surface area contributed by atoms with Crippen LogP contribution in [-0.4, -0.2) is 36.7 Å². The zero-order valence-electron chi connectivity index (χ0n) is 17.2. The molecule has 2 aromatic heterocycles. The maximum Gasteiger partial charge on any atom is 0.252 e. The molecule has 1 aromatic carbocycles. The molecule has 1 aliphatic rings. The zero-order chi connectivity index (χ0) is 22.6. The van der Waals surface area contributed by atoms with Gasteiger partial charge < -0.3 is 10.1 Å². The molecule has 0 radical (unpaired) electrons. The first-order chi connectivity index (χ1) is 15.4. The van der Waals surface area contributed by atoms with Crippen LogP contribution >= 0.6 is 11.3 Å². The molecule has 0 aliphatic carbocycles. The number of halogens is 1. The molecular weight excluding hydrogens is 453 g/mol. The van der Waals surface area contributed by atoms with Gasteiger partial charge in [0.05, 0.1) is 18.3 Å². The number of nitrogens with one attached hydrogen (secondary N) is 1. The van der Waals surface area contributed by atoms with Gasteiger partial charge in [-0.05, 0) is 55.3 Å². The Hall–Kier alpha value is -2.82. The number of amides is 1. The summed E-state index contributed by atoms with van der Waals surface area (Å²) >= 11 is 1.12. The van der Waals surface area contributed by atoms with Gasteiger partial charge in [0, 0.05) is 24.0 Å². The quantitative estimate of drug-likeness (QED) is 0.546. The normalized spacial score (nSPS) is 14.8. The second-order valence-corrected chi connectivity index (χ2v) is 10.7. The smallest absolute Gasteiger partial charge is 0.252 e. The Morgan fingerprint density at radius 3 is 2.50 bits per heavy atom. The molecule has 1 N–H and O–H groups in total. The Morgan fingerprint density at radius 1 is 1.06 bits per heavy atom. The number of nitrogens with zero attached hydrogens (tertiary/aromatic N) is 2. The standard InChI is InChI=1S/C22H22FN3O4S2/c23-16-4-7-18(8-5-16)30-21-10-6-17(15-24-21)25-20(27)14-19-9-11-22(31-19)32(28,29)26-12-2-1-3-13-26/h4-11,15H,1-3,12-14H2,(H,25,27). The molecular formula is C22H22FN3O4S2. The molecule has 7 nitrogen and oxygen atoms in total. The molecule has 0 unspecified atom stereocenters. The summed E-state index contributed by atoms with van der Waals surface area (Å²) in [7, 11) is -3.49. The molecule has 1 saturated heterocycles. The number of aromatic nitrogens is 1. The lowest BCUT2D eigenvalue weighted by atomic mass is 10.2. The van der Waals surface area contributed by atoms with E-state index >= 15 is 0 Å². The zero-order valence-corrected chi connectivity index (χ0v) is 18.8. The SMILES string of the molecule is O=C(Cc1ccc(S(=O)(=O)N2CCCCC2)s1)Nc1ccc(Oc2ccc(F)cc2)nc1. The highest BCUT2D eigenvalue weighted by Crippen LogP contribution is 2.27. The number of anilines is 1. The first-order valence-corrected chi connectivity index (χ1v) is 12.4. The maximum atomic E-state index is 13.0. The minimum atomic E-state index is -3.49. The molecule has 3 aromatic rings. The maximum absolute atomic E-state index is 13.0. The van der Waals surface area contributed by atoms with Crippen molar-refractivity contribution < 1.29 is 22.3 Å². The Kier molecular flexibility index (Phi) is 6.83. The van der Waals surface area contributed by atoms with E-state index in [9.17, 15) is 17.6 Å². The van der Waals surface area contributed by atoms with E-state index in [0.717, 1.165) is 30.6 Å². The summed E-state index contributed by atoms with van der Waals surface area (Å²) in [5, 5.41) is 2.74. The molecule has 0 atom stereocenters. The highest BCUT2D eigenvalue weighted by Gasteiger charge is 2.27. The average Bonchev–Trinajstić information content (AvgIpc) is 3.26. The van der Waals surface area contributed by atoms with Crippen LogP contribution in [0.3, 0.4) is 0 Å². The summed E-state index contributed by atoms with van der Waals surface area (Å²) in [6.45, 7) is 1.09. The third kappa shape index (κ3) is 5.50. The molecule has 10 heteroatoms. The third-order valence-corrected chi connectivity index (χ3v) is 8.39. The van der Waals surface area contributed by atoms with Crippen LogP contribution < -0.4 is 10.1 Å². The van der Waals surface area contributed by atoms with E-state index < -0.39 is 10.0 Å². The van der Waals surface area contributed by atoms with Crippen molar-refractivity contribution in [1.29, 1.82) is 0 Å². The van der Waals surface area contributed by atoms with Gasteiger partial charge in [0.15, 0.2) is 0 Å². The number of pyridine rings is 1. The van der Waals surface area contributed by atoms with Crippen LogP contribution in [0.1, 0.15) is 24.1 Å². The number of carbonyl (C=O) groups excluding carboxylic acids is 1. The number of hydrogen-bond acceptors (Lipinski definition) is 6. The summed E-state index contributed by atoms with van der Waals surface area (Å²) < 4.78 is 45.8. The lowest BCUT2D eigenvalue weighted by molar-refractivity contribution is -0.115. The van der Waals surface area contributed by atoms with Crippen LogP contribution in [0.25, 0.3) is 0 Å². The fraction of sp³-hybridized carbons (Fsp3) is 0.273. The number of hydrogen-bond donors (Lipinski definition) is 1. The van der Waals surface area contributed by atoms with Crippen molar-refractivity contribution in [3.8, 4) is 11.6 Å². The number of thiophene rings is 1. The number of ether oxygens (including phenoxy) is 1. The highest BCUT2D eigenvalue weighted by atomic mass is 32.2. The van der Waals surface area contributed by atoms with E-state index in [0.29, 0.717) is 35.3 Å². The number of rotatable bonds is 7. The minimum Gasteiger partial charge on any atom is -0.439 e. The van der Waals surface area contributed by atoms with E-state index in [4.69, 9.17) is 4.74 Å². The van der Waals surface area contributed by atoms with E-state index in [1.165, 1.54) is 34.8 Å². The van der Waals surface area contributed by atoms with Gasteiger partial charge in [0.1, 0.15) is 15.8 Å². The molecule has 0 saturated carbocycles. The molecule has 1 fully saturated rings. The average molecular weight is 476 g/mol. The van der Waals surface area contributed by atoms with Gasteiger partial charge >= 0.3 is 0 Å². The first-order valence-electron chi connectivity index (χ1n) is 10.2. The van der Waals surface area contributed by atoms with Crippen LogP contribution in [-0.2, 0) is 21.2 Å². The number of benzene rings is 1. The molecule has 0 spiro atoms. The fourth-order valence-electron chi connectivity index (χ4n) is 3.33. The summed E-state index contributed by atoms with van der Waals surface area (Å²) in [6.07, 6.45) is 4.32. The molecule has 4 rings (SSSR count). The van der Waals surface area contributed by atoms with Crippen LogP contribution in [0.5, 0.6) is 11.6 Å². The minimum absolute atomic E-state index is 0.0635. The summed E-state index contributed by atoms with van der Waals surface area (Å²) in [4.78, 5) is 17.2. The largest absolute Gasteiger partial charge is 0.439 e. The fourth-order valence-corrected chi connectivity index (χ4v) is 6.35. The van der Waals surface area contributed by atoms with Crippen LogP contribution in [0.2, 0.25) is 0 Å². The molecule has 32 heavy (non-hydrogen) atoms. The molecule has 1 amide bonds. The Morgan fingerprint density at radius 2 is 1.81 bits per heavy atom. The molecule has 0 bridgehead atoms. The van der Waals surface area contributed by atoms with E-state index in [1.54, 1.807) is 24.3 Å². The summed E-state index contributed by atoms with van der Waals surface area (Å²) in [5.74, 6) is 0.122. The van der Waals surface area contributed by atoms with Crippen LogP contribution in [0.4, 0.5) is 10.1 Å². The van der Waals surface area contributed by atoms with E-state index in [2.05, 4.69) is 10.3 Å². The van der Waals surface area contributed by atoms with Crippen LogP contribution in [0, 0.1) is 5.82 Å². The van der Waals surface area contributed by atoms with Gasteiger partial charge in [0.25, 0.3) is 10.0 Å². The lowest BCUT2D eigenvalue weighted by Gasteiger charge is -2.25. The van der Waals surface area contributed by atoms with Crippen molar-refractivity contribution in [3.63, 3.8) is 0 Å². The van der Waals surface area contributed by atoms with Gasteiger partial charge in [-0.15, -0.1) is 11.3 Å². The van der Waals surface area contributed by atoms with E-state index in [-0.39, 0.29) is 22.4 Å². The lowest BCUT2D eigenvalue weighted by Crippen LogP contribution is -2.35. The Balaban J connectivity index is 1.33. The predicted molar refractivity (Wildman–Crippen MR) is 120 cm³/mol. The van der Waals surface area contributed by atoms with Gasteiger partial charge in [-0.2, -0.15) is 4.31 Å². The van der Waals surface area contributed by atoms with E-state index in [1.807, 2.05) is 0 Å².